The van der Waals surface area contributed by atoms with Gasteiger partial charge in [-0.05, 0) is 44.0 Å². The molecule has 3 N–H and O–H groups in total. The highest BCUT2D eigenvalue weighted by Crippen LogP contribution is 2.36. The molecular formula is C22H25N3O4. The fourth-order valence-corrected chi connectivity index (χ4v) is 3.29. The molecule has 0 saturated carbocycles. The van der Waals surface area contributed by atoms with Crippen LogP contribution in [-0.4, -0.2) is 23.4 Å². The van der Waals surface area contributed by atoms with Crippen LogP contribution in [0.4, 0.5) is 4.79 Å². The highest BCUT2D eigenvalue weighted by molar-refractivity contribution is 5.98. The van der Waals surface area contributed by atoms with Gasteiger partial charge in [-0.25, -0.2) is 15.6 Å². The predicted molar refractivity (Wildman–Crippen MR) is 109 cm³/mol. The monoisotopic (exact) mass is 395 g/mol. The lowest BCUT2D eigenvalue weighted by Gasteiger charge is -2.33. The van der Waals surface area contributed by atoms with Crippen molar-refractivity contribution in [3.8, 4) is 11.5 Å². The predicted octanol–water partition coefficient (Wildman–Crippen LogP) is 3.47. The summed E-state index contributed by atoms with van der Waals surface area (Å²) in [6, 6.07) is 14.1. The minimum atomic E-state index is -0.609. The number of ketones is 1. The Morgan fingerprint density at radius 1 is 1.14 bits per heavy atom. The molecule has 0 saturated heterocycles. The maximum absolute atomic E-state index is 12.2. The SMILES string of the molecule is CCOc1cc([C@@H]2NC(=O)N(N)C(C)=C2C(C)=O)ccc1OCc1ccccc1. The van der Waals surface area contributed by atoms with Crippen LogP contribution in [0.2, 0.25) is 0 Å². The van der Waals surface area contributed by atoms with Gasteiger partial charge in [-0.3, -0.25) is 4.79 Å². The Labute approximate surface area is 170 Å². The molecule has 0 aromatic heterocycles. The topological polar surface area (TPSA) is 93.9 Å². The fraction of sp³-hybridized carbons (Fsp3) is 0.273. The molecule has 2 amide bonds. The Bertz CT molecular complexity index is 940. The van der Waals surface area contributed by atoms with E-state index >= 15 is 0 Å². The first-order chi connectivity index (χ1) is 13.9. The van der Waals surface area contributed by atoms with Gasteiger partial charge < -0.3 is 14.8 Å². The second kappa shape index (κ2) is 8.79. The summed E-state index contributed by atoms with van der Waals surface area (Å²) in [5.41, 5.74) is 2.62. The quantitative estimate of drug-likeness (QED) is 0.553. The number of hydrogen-bond donors (Lipinski definition) is 2. The Balaban J connectivity index is 1.92. The van der Waals surface area contributed by atoms with Crippen LogP contribution >= 0.6 is 0 Å². The van der Waals surface area contributed by atoms with Gasteiger partial charge in [-0.1, -0.05) is 36.4 Å². The second-order valence-corrected chi connectivity index (χ2v) is 6.72. The molecule has 152 valence electrons. The van der Waals surface area contributed by atoms with Gasteiger partial charge in [0.2, 0.25) is 0 Å². The maximum atomic E-state index is 12.2. The molecule has 3 rings (SSSR count). The maximum Gasteiger partial charge on any atom is 0.336 e. The van der Waals surface area contributed by atoms with E-state index in [-0.39, 0.29) is 5.78 Å². The molecule has 0 fully saturated rings. The summed E-state index contributed by atoms with van der Waals surface area (Å²) in [6.07, 6.45) is 0. The Morgan fingerprint density at radius 3 is 2.52 bits per heavy atom. The molecule has 7 heteroatoms. The van der Waals surface area contributed by atoms with Crippen molar-refractivity contribution in [2.75, 3.05) is 6.61 Å². The van der Waals surface area contributed by atoms with Gasteiger partial charge in [0.15, 0.2) is 17.3 Å². The molecule has 7 nitrogen and oxygen atoms in total. The number of nitrogens with two attached hydrogens (primary N) is 1. The van der Waals surface area contributed by atoms with Gasteiger partial charge >= 0.3 is 6.03 Å². The number of urea groups is 1. The molecular weight excluding hydrogens is 370 g/mol. The van der Waals surface area contributed by atoms with E-state index < -0.39 is 12.1 Å². The molecule has 2 aromatic carbocycles. The Kier molecular flexibility index (Phi) is 6.19. The van der Waals surface area contributed by atoms with Gasteiger partial charge in [0.1, 0.15) is 6.61 Å². The molecule has 0 spiro atoms. The van der Waals surface area contributed by atoms with Crippen LogP contribution in [0.3, 0.4) is 0 Å². The molecule has 1 atom stereocenters. The first kappa shape index (κ1) is 20.4. The van der Waals surface area contributed by atoms with Crippen LogP contribution in [0.25, 0.3) is 0 Å². The third kappa shape index (κ3) is 4.41. The molecule has 0 unspecified atom stereocenters. The molecule has 0 radical (unpaired) electrons. The Morgan fingerprint density at radius 2 is 1.86 bits per heavy atom. The number of ether oxygens (including phenoxy) is 2. The number of hydrogen-bond acceptors (Lipinski definition) is 5. The van der Waals surface area contributed by atoms with Crippen molar-refractivity contribution < 1.29 is 19.1 Å². The lowest BCUT2D eigenvalue weighted by molar-refractivity contribution is -0.114. The second-order valence-electron chi connectivity index (χ2n) is 6.72. The third-order valence-corrected chi connectivity index (χ3v) is 4.74. The van der Waals surface area contributed by atoms with E-state index in [1.807, 2.05) is 43.3 Å². The summed E-state index contributed by atoms with van der Waals surface area (Å²) >= 11 is 0. The van der Waals surface area contributed by atoms with Gasteiger partial charge in [0.25, 0.3) is 0 Å². The zero-order valence-electron chi connectivity index (χ0n) is 16.8. The number of allylic oxidation sites excluding steroid dienone is 1. The van der Waals surface area contributed by atoms with Crippen LogP contribution in [0.1, 0.15) is 37.9 Å². The van der Waals surface area contributed by atoms with E-state index in [1.54, 1.807) is 19.1 Å². The number of amides is 2. The number of hydrazine groups is 1. The van der Waals surface area contributed by atoms with Crippen molar-refractivity contribution in [1.29, 1.82) is 0 Å². The summed E-state index contributed by atoms with van der Waals surface area (Å²) in [5, 5.41) is 3.73. The summed E-state index contributed by atoms with van der Waals surface area (Å²) in [6.45, 7) is 5.85. The summed E-state index contributed by atoms with van der Waals surface area (Å²) < 4.78 is 11.7. The number of rotatable bonds is 7. The molecule has 1 heterocycles. The number of carbonyl (C=O) groups is 2. The van der Waals surface area contributed by atoms with Crippen molar-refractivity contribution in [2.24, 2.45) is 5.84 Å². The van der Waals surface area contributed by atoms with Crippen LogP contribution in [0, 0.1) is 0 Å². The van der Waals surface area contributed by atoms with Gasteiger partial charge in [-0.15, -0.1) is 0 Å². The highest BCUT2D eigenvalue weighted by atomic mass is 16.5. The van der Waals surface area contributed by atoms with Gasteiger partial charge in [0.05, 0.1) is 12.6 Å². The minimum Gasteiger partial charge on any atom is -0.490 e. The first-order valence-electron chi connectivity index (χ1n) is 9.42. The van der Waals surface area contributed by atoms with Crippen LogP contribution in [0.5, 0.6) is 11.5 Å². The largest absolute Gasteiger partial charge is 0.490 e. The average Bonchev–Trinajstić information content (AvgIpc) is 2.71. The summed E-state index contributed by atoms with van der Waals surface area (Å²) in [4.78, 5) is 24.4. The molecule has 29 heavy (non-hydrogen) atoms. The van der Waals surface area contributed by atoms with Crippen molar-refractivity contribution in [3.05, 3.63) is 70.9 Å². The molecule has 0 bridgehead atoms. The number of carbonyl (C=O) groups excluding carboxylic acids is 2. The molecule has 0 aliphatic carbocycles. The normalized spacial score (nSPS) is 16.5. The smallest absolute Gasteiger partial charge is 0.336 e. The molecule has 1 aliphatic heterocycles. The van der Waals surface area contributed by atoms with E-state index in [0.29, 0.717) is 41.5 Å². The van der Waals surface area contributed by atoms with Gasteiger partial charge in [0, 0.05) is 11.3 Å². The molecule has 2 aromatic rings. The standard InChI is InChI=1S/C22H25N3O4/c1-4-28-19-12-17(10-11-18(19)29-13-16-8-6-5-7-9-16)21-20(15(3)26)14(2)25(23)22(27)24-21/h5-12,21H,4,13,23H2,1-3H3,(H,24,27)/t21-/m0/s1. The number of benzene rings is 2. The van der Waals surface area contributed by atoms with E-state index in [9.17, 15) is 9.59 Å². The highest BCUT2D eigenvalue weighted by Gasteiger charge is 2.33. The van der Waals surface area contributed by atoms with E-state index in [1.165, 1.54) is 6.92 Å². The average molecular weight is 395 g/mol. The number of nitrogens with zero attached hydrogens (tertiary/aromatic N) is 1. The van der Waals surface area contributed by atoms with E-state index in [4.69, 9.17) is 15.3 Å². The number of nitrogens with one attached hydrogen (secondary N) is 1. The van der Waals surface area contributed by atoms with Crippen LogP contribution in [0.15, 0.2) is 59.8 Å². The summed E-state index contributed by atoms with van der Waals surface area (Å²) in [7, 11) is 0. The number of Topliss-reactive ketones (excluding diaryl/α,β-unsaturated/α-hetero) is 1. The zero-order chi connectivity index (χ0) is 21.0. The van der Waals surface area contributed by atoms with E-state index in [2.05, 4.69) is 5.32 Å². The van der Waals surface area contributed by atoms with E-state index in [0.717, 1.165) is 10.6 Å². The van der Waals surface area contributed by atoms with Gasteiger partial charge in [-0.2, -0.15) is 0 Å². The van der Waals surface area contributed by atoms with Crippen molar-refractivity contribution >= 4 is 11.8 Å². The summed E-state index contributed by atoms with van der Waals surface area (Å²) in [5.74, 6) is 6.73. The van der Waals surface area contributed by atoms with Crippen molar-refractivity contribution in [1.82, 2.24) is 10.3 Å². The zero-order valence-corrected chi connectivity index (χ0v) is 16.8. The van der Waals surface area contributed by atoms with Crippen molar-refractivity contribution in [2.45, 2.75) is 33.4 Å². The first-order valence-corrected chi connectivity index (χ1v) is 9.42. The lowest BCUT2D eigenvalue weighted by atomic mass is 9.92. The van der Waals surface area contributed by atoms with Crippen LogP contribution < -0.4 is 20.6 Å². The third-order valence-electron chi connectivity index (χ3n) is 4.74. The molecule has 1 aliphatic rings. The minimum absolute atomic E-state index is 0.162. The Hall–Kier alpha value is -3.32. The fourth-order valence-electron chi connectivity index (χ4n) is 3.29. The van der Waals surface area contributed by atoms with Crippen LogP contribution in [-0.2, 0) is 11.4 Å². The van der Waals surface area contributed by atoms with Crippen molar-refractivity contribution in [3.63, 3.8) is 0 Å². The lowest BCUT2D eigenvalue weighted by Crippen LogP contribution is -2.50.